The van der Waals surface area contributed by atoms with E-state index in [1.807, 2.05) is 13.8 Å². The van der Waals surface area contributed by atoms with E-state index in [1.165, 1.54) is 0 Å². The molecule has 0 aromatic carbocycles. The van der Waals surface area contributed by atoms with Crippen molar-refractivity contribution in [3.05, 3.63) is 17.4 Å². The van der Waals surface area contributed by atoms with Crippen molar-refractivity contribution in [2.24, 2.45) is 11.7 Å². The molecular formula is C16H23Cl2N5O. The Kier molecular flexibility index (Phi) is 5.96. The summed E-state index contributed by atoms with van der Waals surface area (Å²) in [7, 11) is 0. The van der Waals surface area contributed by atoms with Gasteiger partial charge in [-0.1, -0.05) is 25.4 Å². The number of fused-ring (bicyclic) bond motifs is 1. The van der Waals surface area contributed by atoms with Gasteiger partial charge in [-0.25, -0.2) is 4.98 Å². The fourth-order valence-corrected chi connectivity index (χ4v) is 3.22. The number of nitrogens with two attached hydrogens (primary N) is 1. The minimum absolute atomic E-state index is 0. The molecule has 2 aromatic heterocycles. The number of aromatic amines is 1. The molecule has 24 heavy (non-hydrogen) atoms. The zero-order valence-electron chi connectivity index (χ0n) is 13.8. The van der Waals surface area contributed by atoms with Gasteiger partial charge in [-0.05, 0) is 12.8 Å². The van der Waals surface area contributed by atoms with Crippen molar-refractivity contribution in [3.8, 4) is 0 Å². The molecule has 0 radical (unpaired) electrons. The zero-order chi connectivity index (χ0) is 16.6. The molecule has 4 N–H and O–H groups in total. The van der Waals surface area contributed by atoms with Crippen molar-refractivity contribution in [1.29, 1.82) is 0 Å². The standard InChI is InChI=1S/C16H22ClN5O.ClH/c1-9(2)16(23)21-12-7-20-15-13(12)14(11(17)6-19-15)22-5-3-4-10(18)8-22;/h6-7,9-10H,3-5,8,18H2,1-2H3,(H,19,20)(H,21,23);1H/t10-;/m1./s1. The number of nitrogens with one attached hydrogen (secondary N) is 2. The number of aromatic nitrogens is 2. The first kappa shape index (κ1) is 18.8. The second-order valence-electron chi connectivity index (χ2n) is 6.37. The van der Waals surface area contributed by atoms with Crippen molar-refractivity contribution >= 4 is 52.3 Å². The summed E-state index contributed by atoms with van der Waals surface area (Å²) in [5.74, 6) is -0.133. The Hall–Kier alpha value is -1.50. The molecule has 0 bridgehead atoms. The summed E-state index contributed by atoms with van der Waals surface area (Å²) >= 11 is 6.44. The van der Waals surface area contributed by atoms with Crippen LogP contribution in [0.4, 0.5) is 11.4 Å². The van der Waals surface area contributed by atoms with Gasteiger partial charge in [0.2, 0.25) is 5.91 Å². The van der Waals surface area contributed by atoms with Crippen LogP contribution >= 0.6 is 24.0 Å². The summed E-state index contributed by atoms with van der Waals surface area (Å²) in [5.41, 5.74) is 8.43. The average Bonchev–Trinajstić information content (AvgIpc) is 2.90. The number of carbonyl (C=O) groups is 1. The molecule has 2 aromatic rings. The van der Waals surface area contributed by atoms with E-state index in [1.54, 1.807) is 12.4 Å². The Morgan fingerprint density at radius 3 is 2.96 bits per heavy atom. The van der Waals surface area contributed by atoms with Gasteiger partial charge in [-0.3, -0.25) is 4.79 Å². The SMILES string of the molecule is CC(C)C(=O)Nc1c[nH]c2ncc(Cl)c(N3CCC[C@@H](N)C3)c12.Cl. The first-order chi connectivity index (χ1) is 11.0. The highest BCUT2D eigenvalue weighted by Crippen LogP contribution is 2.38. The van der Waals surface area contributed by atoms with Crippen LogP contribution in [0, 0.1) is 5.92 Å². The van der Waals surface area contributed by atoms with Gasteiger partial charge in [-0.2, -0.15) is 0 Å². The van der Waals surface area contributed by atoms with Crippen LogP contribution in [-0.4, -0.2) is 35.0 Å². The van der Waals surface area contributed by atoms with E-state index < -0.39 is 0 Å². The topological polar surface area (TPSA) is 87.0 Å². The lowest BCUT2D eigenvalue weighted by molar-refractivity contribution is -0.118. The number of pyridine rings is 1. The van der Waals surface area contributed by atoms with Crippen molar-refractivity contribution in [2.75, 3.05) is 23.3 Å². The van der Waals surface area contributed by atoms with E-state index >= 15 is 0 Å². The summed E-state index contributed by atoms with van der Waals surface area (Å²) in [5, 5.41) is 4.38. The maximum atomic E-state index is 12.1. The first-order valence-corrected chi connectivity index (χ1v) is 8.32. The Morgan fingerprint density at radius 1 is 1.54 bits per heavy atom. The second kappa shape index (κ2) is 7.59. The lowest BCUT2D eigenvalue weighted by atomic mass is 10.1. The van der Waals surface area contributed by atoms with Crippen molar-refractivity contribution in [1.82, 2.24) is 9.97 Å². The van der Waals surface area contributed by atoms with Gasteiger partial charge in [0.25, 0.3) is 0 Å². The third-order valence-electron chi connectivity index (χ3n) is 4.19. The number of carbonyl (C=O) groups excluding carboxylic acids is 1. The monoisotopic (exact) mass is 371 g/mol. The van der Waals surface area contributed by atoms with Gasteiger partial charge in [0.15, 0.2) is 0 Å². The quantitative estimate of drug-likeness (QED) is 0.773. The number of H-pyrrole nitrogens is 1. The Labute approximate surface area is 152 Å². The van der Waals surface area contributed by atoms with Crippen LogP contribution < -0.4 is 16.0 Å². The van der Waals surface area contributed by atoms with Crippen molar-refractivity contribution in [2.45, 2.75) is 32.7 Å². The number of hydrogen-bond donors (Lipinski definition) is 3. The Bertz CT molecular complexity index is 731. The normalized spacial score (nSPS) is 17.9. The molecule has 3 heterocycles. The second-order valence-corrected chi connectivity index (χ2v) is 6.78. The molecule has 132 valence electrons. The predicted octanol–water partition coefficient (Wildman–Crippen LogP) is 3.16. The smallest absolute Gasteiger partial charge is 0.226 e. The predicted molar refractivity (Wildman–Crippen MR) is 101 cm³/mol. The maximum Gasteiger partial charge on any atom is 0.226 e. The van der Waals surface area contributed by atoms with Gasteiger partial charge in [-0.15, -0.1) is 12.4 Å². The molecule has 1 aliphatic rings. The van der Waals surface area contributed by atoms with Crippen LogP contribution in [0.2, 0.25) is 5.02 Å². The molecule has 3 rings (SSSR count). The van der Waals surface area contributed by atoms with Crippen LogP contribution in [0.15, 0.2) is 12.4 Å². The number of amides is 1. The summed E-state index contributed by atoms with van der Waals surface area (Å²) in [6.45, 7) is 5.37. The molecule has 8 heteroatoms. The summed E-state index contributed by atoms with van der Waals surface area (Å²) in [4.78, 5) is 21.7. The molecule has 1 aliphatic heterocycles. The van der Waals surface area contributed by atoms with Gasteiger partial charge in [0.05, 0.1) is 28.0 Å². The van der Waals surface area contributed by atoms with Gasteiger partial charge in [0, 0.05) is 31.2 Å². The lowest BCUT2D eigenvalue weighted by Crippen LogP contribution is -2.43. The molecule has 1 atom stereocenters. The first-order valence-electron chi connectivity index (χ1n) is 7.94. The summed E-state index contributed by atoms with van der Waals surface area (Å²) in [6.07, 6.45) is 5.46. The fourth-order valence-electron chi connectivity index (χ4n) is 2.95. The number of anilines is 2. The largest absolute Gasteiger partial charge is 0.368 e. The van der Waals surface area contributed by atoms with E-state index in [0.717, 1.165) is 37.0 Å². The lowest BCUT2D eigenvalue weighted by Gasteiger charge is -2.33. The molecule has 0 spiro atoms. The van der Waals surface area contributed by atoms with E-state index in [4.69, 9.17) is 17.3 Å². The minimum Gasteiger partial charge on any atom is -0.368 e. The molecule has 6 nitrogen and oxygen atoms in total. The van der Waals surface area contributed by atoms with Gasteiger partial charge >= 0.3 is 0 Å². The number of nitrogens with zero attached hydrogens (tertiary/aromatic N) is 2. The highest BCUT2D eigenvalue weighted by Gasteiger charge is 2.24. The van der Waals surface area contributed by atoms with E-state index in [0.29, 0.717) is 16.4 Å². The molecule has 1 amide bonds. The third-order valence-corrected chi connectivity index (χ3v) is 4.46. The third kappa shape index (κ3) is 3.61. The average molecular weight is 372 g/mol. The zero-order valence-corrected chi connectivity index (χ0v) is 15.4. The van der Waals surface area contributed by atoms with Crippen LogP contribution in [0.3, 0.4) is 0 Å². The van der Waals surface area contributed by atoms with E-state index in [-0.39, 0.29) is 30.3 Å². The van der Waals surface area contributed by atoms with E-state index in [9.17, 15) is 4.79 Å². The summed E-state index contributed by atoms with van der Waals surface area (Å²) < 4.78 is 0. The molecule has 0 aliphatic carbocycles. The number of piperidine rings is 1. The number of rotatable bonds is 3. The highest BCUT2D eigenvalue weighted by atomic mass is 35.5. The van der Waals surface area contributed by atoms with Crippen LogP contribution in [0.1, 0.15) is 26.7 Å². The Balaban J connectivity index is 0.00000208. The summed E-state index contributed by atoms with van der Waals surface area (Å²) in [6, 6.07) is 0.135. The van der Waals surface area contributed by atoms with Crippen LogP contribution in [0.25, 0.3) is 11.0 Å². The van der Waals surface area contributed by atoms with Crippen LogP contribution in [0.5, 0.6) is 0 Å². The minimum atomic E-state index is -0.0982. The highest BCUT2D eigenvalue weighted by molar-refractivity contribution is 6.35. The number of hydrogen-bond acceptors (Lipinski definition) is 4. The maximum absolute atomic E-state index is 12.1. The van der Waals surface area contributed by atoms with Crippen molar-refractivity contribution in [3.63, 3.8) is 0 Å². The van der Waals surface area contributed by atoms with E-state index in [2.05, 4.69) is 20.2 Å². The molecule has 1 saturated heterocycles. The van der Waals surface area contributed by atoms with Crippen molar-refractivity contribution < 1.29 is 4.79 Å². The molecular weight excluding hydrogens is 349 g/mol. The van der Waals surface area contributed by atoms with Gasteiger partial charge in [0.1, 0.15) is 5.65 Å². The molecule has 0 unspecified atom stereocenters. The van der Waals surface area contributed by atoms with Crippen LogP contribution in [-0.2, 0) is 4.79 Å². The Morgan fingerprint density at radius 2 is 2.29 bits per heavy atom. The van der Waals surface area contributed by atoms with Gasteiger partial charge < -0.3 is 20.9 Å². The molecule has 1 fully saturated rings. The number of halogens is 2. The molecule has 0 saturated carbocycles. The fraction of sp³-hybridized carbons (Fsp3) is 0.500.